The third-order valence-corrected chi connectivity index (χ3v) is 2.28. The molecule has 1 aliphatic rings. The minimum atomic E-state index is 0. The lowest BCUT2D eigenvalue weighted by Gasteiger charge is -2.08. The Morgan fingerprint density at radius 3 is 2.13 bits per heavy atom. The van der Waals surface area contributed by atoms with Gasteiger partial charge in [-0.05, 0) is 39.4 Å². The molecule has 3 nitrogen and oxygen atoms in total. The van der Waals surface area contributed by atoms with Crippen LogP contribution in [0.2, 0.25) is 0 Å². The van der Waals surface area contributed by atoms with Crippen LogP contribution in [0.3, 0.4) is 0 Å². The molecule has 2 rings (SSSR count). The van der Waals surface area contributed by atoms with E-state index in [1.807, 2.05) is 6.92 Å². The van der Waals surface area contributed by atoms with Crippen LogP contribution >= 0.6 is 0 Å². The average molecular weight is 213 g/mol. The highest BCUT2D eigenvalue weighted by molar-refractivity contribution is 4.80. The van der Waals surface area contributed by atoms with Crippen molar-refractivity contribution in [3.8, 4) is 0 Å². The highest BCUT2D eigenvalue weighted by atomic mass is 15.1. The summed E-state index contributed by atoms with van der Waals surface area (Å²) >= 11 is 0. The summed E-state index contributed by atoms with van der Waals surface area (Å²) in [6.45, 7) is 8.08. The number of H-pyrrole nitrogens is 1. The SMILES string of the molecule is C.C.CCN1CCCC1.Cc1ncc[nH]1. The summed E-state index contributed by atoms with van der Waals surface area (Å²) in [7, 11) is 0. The maximum atomic E-state index is 3.86. The van der Waals surface area contributed by atoms with Crippen LogP contribution in [0, 0.1) is 6.92 Å². The largest absolute Gasteiger partial charge is 0.349 e. The predicted octanol–water partition coefficient (Wildman–Crippen LogP) is 3.09. The lowest BCUT2D eigenvalue weighted by atomic mass is 10.4. The number of aromatic nitrogens is 2. The fourth-order valence-corrected chi connectivity index (χ4v) is 1.44. The van der Waals surface area contributed by atoms with Crippen molar-refractivity contribution < 1.29 is 0 Å². The van der Waals surface area contributed by atoms with Gasteiger partial charge in [0.05, 0.1) is 0 Å². The summed E-state index contributed by atoms with van der Waals surface area (Å²) in [4.78, 5) is 9.24. The van der Waals surface area contributed by atoms with E-state index >= 15 is 0 Å². The molecular formula is C12H27N3. The molecule has 0 atom stereocenters. The lowest BCUT2D eigenvalue weighted by Crippen LogP contribution is -2.17. The van der Waals surface area contributed by atoms with Gasteiger partial charge in [0.15, 0.2) is 0 Å². The van der Waals surface area contributed by atoms with E-state index in [0.29, 0.717) is 0 Å². The van der Waals surface area contributed by atoms with Crippen LogP contribution in [0.25, 0.3) is 0 Å². The molecule has 3 heteroatoms. The number of imidazole rings is 1. The second-order valence-corrected chi connectivity index (χ2v) is 3.32. The zero-order chi connectivity index (χ0) is 9.52. The number of likely N-dealkylation sites (tertiary alicyclic amines) is 1. The molecule has 1 saturated heterocycles. The second-order valence-electron chi connectivity index (χ2n) is 3.32. The van der Waals surface area contributed by atoms with Gasteiger partial charge >= 0.3 is 0 Å². The van der Waals surface area contributed by atoms with Crippen molar-refractivity contribution >= 4 is 0 Å². The van der Waals surface area contributed by atoms with E-state index in [1.165, 1.54) is 32.5 Å². The van der Waals surface area contributed by atoms with Crippen LogP contribution < -0.4 is 0 Å². The molecule has 0 aliphatic carbocycles. The highest BCUT2D eigenvalue weighted by Gasteiger charge is 2.06. The van der Waals surface area contributed by atoms with Gasteiger partial charge in [-0.1, -0.05) is 21.8 Å². The van der Waals surface area contributed by atoms with Gasteiger partial charge in [-0.3, -0.25) is 0 Å². The molecule has 1 N–H and O–H groups in total. The Hall–Kier alpha value is -0.830. The molecule has 1 aromatic rings. The Bertz CT molecular complexity index is 201. The van der Waals surface area contributed by atoms with Crippen LogP contribution in [0.4, 0.5) is 0 Å². The first-order valence-electron chi connectivity index (χ1n) is 5.01. The van der Waals surface area contributed by atoms with Gasteiger partial charge in [-0.15, -0.1) is 0 Å². The molecule has 0 saturated carbocycles. The van der Waals surface area contributed by atoms with Crippen LogP contribution in [0.15, 0.2) is 12.4 Å². The van der Waals surface area contributed by atoms with E-state index in [4.69, 9.17) is 0 Å². The molecule has 90 valence electrons. The van der Waals surface area contributed by atoms with Gasteiger partial charge in [-0.2, -0.15) is 0 Å². The molecule has 1 aromatic heterocycles. The summed E-state index contributed by atoms with van der Waals surface area (Å²) in [5.41, 5.74) is 0. The quantitative estimate of drug-likeness (QED) is 0.777. The molecule has 0 unspecified atom stereocenters. The number of rotatable bonds is 1. The third-order valence-electron chi connectivity index (χ3n) is 2.28. The molecule has 2 heterocycles. The van der Waals surface area contributed by atoms with Crippen molar-refractivity contribution in [2.75, 3.05) is 19.6 Å². The molecule has 1 aliphatic heterocycles. The monoisotopic (exact) mass is 213 g/mol. The standard InChI is InChI=1S/C6H13N.C4H6N2.2CH4/c1-2-7-5-3-4-6-7;1-4-5-2-3-6-4;;/h2-6H2,1H3;2-3H,1H3,(H,5,6);2*1H4. The number of nitrogens with zero attached hydrogens (tertiary/aromatic N) is 2. The Balaban J connectivity index is 0. The summed E-state index contributed by atoms with van der Waals surface area (Å²) in [5, 5.41) is 0. The molecular weight excluding hydrogens is 186 g/mol. The van der Waals surface area contributed by atoms with Crippen molar-refractivity contribution in [3.63, 3.8) is 0 Å². The maximum Gasteiger partial charge on any atom is 0.102 e. The lowest BCUT2D eigenvalue weighted by molar-refractivity contribution is 0.359. The topological polar surface area (TPSA) is 31.9 Å². The molecule has 0 amide bonds. The fourth-order valence-electron chi connectivity index (χ4n) is 1.44. The zero-order valence-electron chi connectivity index (χ0n) is 8.58. The first-order chi connectivity index (χ1) is 6.33. The first kappa shape index (κ1) is 16.6. The smallest absolute Gasteiger partial charge is 0.102 e. The van der Waals surface area contributed by atoms with Gasteiger partial charge in [0.2, 0.25) is 0 Å². The minimum Gasteiger partial charge on any atom is -0.349 e. The van der Waals surface area contributed by atoms with E-state index in [0.717, 1.165) is 5.82 Å². The molecule has 0 aromatic carbocycles. The molecule has 1 fully saturated rings. The molecule has 0 bridgehead atoms. The number of aromatic amines is 1. The maximum absolute atomic E-state index is 3.86. The Kier molecular flexibility index (Phi) is 10.7. The molecule has 0 radical (unpaired) electrons. The van der Waals surface area contributed by atoms with Crippen LogP contribution in [-0.2, 0) is 0 Å². The number of hydrogen-bond donors (Lipinski definition) is 1. The summed E-state index contributed by atoms with van der Waals surface area (Å²) in [6, 6.07) is 0. The predicted molar refractivity (Wildman–Crippen MR) is 68.1 cm³/mol. The van der Waals surface area contributed by atoms with Crippen molar-refractivity contribution in [1.29, 1.82) is 0 Å². The van der Waals surface area contributed by atoms with Crippen molar-refractivity contribution in [1.82, 2.24) is 14.9 Å². The highest BCUT2D eigenvalue weighted by Crippen LogP contribution is 2.04. The van der Waals surface area contributed by atoms with E-state index in [-0.39, 0.29) is 14.9 Å². The van der Waals surface area contributed by atoms with Crippen LogP contribution in [0.1, 0.15) is 40.4 Å². The van der Waals surface area contributed by atoms with E-state index < -0.39 is 0 Å². The minimum absolute atomic E-state index is 0. The summed E-state index contributed by atoms with van der Waals surface area (Å²) in [6.07, 6.45) is 6.38. The third kappa shape index (κ3) is 7.14. The van der Waals surface area contributed by atoms with Gasteiger partial charge in [0, 0.05) is 12.4 Å². The van der Waals surface area contributed by atoms with Gasteiger partial charge in [-0.25, -0.2) is 4.98 Å². The number of aryl methyl sites for hydroxylation is 1. The van der Waals surface area contributed by atoms with Gasteiger partial charge < -0.3 is 9.88 Å². The van der Waals surface area contributed by atoms with Gasteiger partial charge in [0.1, 0.15) is 5.82 Å². The van der Waals surface area contributed by atoms with Crippen LogP contribution in [0.5, 0.6) is 0 Å². The average Bonchev–Trinajstić information content (AvgIpc) is 2.76. The van der Waals surface area contributed by atoms with Gasteiger partial charge in [0.25, 0.3) is 0 Å². The zero-order valence-corrected chi connectivity index (χ0v) is 8.58. The molecule has 0 spiro atoms. The first-order valence-corrected chi connectivity index (χ1v) is 5.01. The number of hydrogen-bond acceptors (Lipinski definition) is 2. The Morgan fingerprint density at radius 2 is 1.93 bits per heavy atom. The van der Waals surface area contributed by atoms with E-state index in [9.17, 15) is 0 Å². The fraction of sp³-hybridized carbons (Fsp3) is 0.750. The number of nitrogens with one attached hydrogen (secondary N) is 1. The normalized spacial score (nSPS) is 14.5. The Morgan fingerprint density at radius 1 is 1.33 bits per heavy atom. The Labute approximate surface area is 94.9 Å². The van der Waals surface area contributed by atoms with Crippen molar-refractivity contribution in [2.45, 2.75) is 41.5 Å². The summed E-state index contributed by atoms with van der Waals surface area (Å²) < 4.78 is 0. The second kappa shape index (κ2) is 9.71. The van der Waals surface area contributed by atoms with E-state index in [1.54, 1.807) is 12.4 Å². The molecule has 15 heavy (non-hydrogen) atoms. The van der Waals surface area contributed by atoms with Crippen molar-refractivity contribution in [3.05, 3.63) is 18.2 Å². The van der Waals surface area contributed by atoms with Crippen LogP contribution in [-0.4, -0.2) is 34.5 Å². The van der Waals surface area contributed by atoms with E-state index in [2.05, 4.69) is 21.8 Å². The van der Waals surface area contributed by atoms with Crippen molar-refractivity contribution in [2.24, 2.45) is 0 Å². The summed E-state index contributed by atoms with van der Waals surface area (Å²) in [5.74, 6) is 0.968.